The molecule has 0 unspecified atom stereocenters. The highest BCUT2D eigenvalue weighted by molar-refractivity contribution is 6.00. The Morgan fingerprint density at radius 1 is 1.19 bits per heavy atom. The molecular formula is C17H22N2O2. The molecule has 0 aliphatic carbocycles. The second-order valence-electron chi connectivity index (χ2n) is 6.16. The van der Waals surface area contributed by atoms with E-state index in [1.165, 1.54) is 5.56 Å². The van der Waals surface area contributed by atoms with E-state index in [1.54, 1.807) is 4.90 Å². The molecule has 4 heteroatoms. The summed E-state index contributed by atoms with van der Waals surface area (Å²) in [6.45, 7) is 6.32. The van der Waals surface area contributed by atoms with E-state index in [-0.39, 0.29) is 17.7 Å². The van der Waals surface area contributed by atoms with Crippen molar-refractivity contribution in [2.45, 2.75) is 33.1 Å². The molecule has 2 fully saturated rings. The number of rotatable bonds is 2. The molecule has 4 nitrogen and oxygen atoms in total. The smallest absolute Gasteiger partial charge is 0.228 e. The van der Waals surface area contributed by atoms with Gasteiger partial charge in [0.1, 0.15) is 0 Å². The van der Waals surface area contributed by atoms with Crippen LogP contribution in [0.25, 0.3) is 0 Å². The Morgan fingerprint density at radius 2 is 1.90 bits per heavy atom. The summed E-state index contributed by atoms with van der Waals surface area (Å²) in [5, 5.41) is 0. The molecule has 112 valence electrons. The van der Waals surface area contributed by atoms with Gasteiger partial charge in [-0.15, -0.1) is 0 Å². The normalized spacial score (nSPS) is 22.2. The molecule has 0 radical (unpaired) electrons. The van der Waals surface area contributed by atoms with Gasteiger partial charge in [-0.2, -0.15) is 0 Å². The van der Waals surface area contributed by atoms with E-state index in [1.807, 2.05) is 36.9 Å². The number of carbonyl (C=O) groups excluding carboxylic acids is 2. The fraction of sp³-hybridized carbons (Fsp3) is 0.529. The zero-order chi connectivity index (χ0) is 15.0. The first-order valence-corrected chi connectivity index (χ1v) is 7.73. The lowest BCUT2D eigenvalue weighted by Gasteiger charge is -2.22. The summed E-state index contributed by atoms with van der Waals surface area (Å²) in [7, 11) is 0. The highest BCUT2D eigenvalue weighted by atomic mass is 16.2. The van der Waals surface area contributed by atoms with Gasteiger partial charge in [-0.3, -0.25) is 9.59 Å². The van der Waals surface area contributed by atoms with Gasteiger partial charge in [0.2, 0.25) is 11.8 Å². The van der Waals surface area contributed by atoms with Crippen molar-refractivity contribution >= 4 is 17.5 Å². The molecule has 0 saturated carbocycles. The fourth-order valence-corrected chi connectivity index (χ4v) is 3.33. The minimum atomic E-state index is -0.171. The van der Waals surface area contributed by atoms with E-state index in [0.717, 1.165) is 37.2 Å². The number of carbonyl (C=O) groups is 2. The molecule has 2 saturated heterocycles. The first-order chi connectivity index (χ1) is 10.1. The van der Waals surface area contributed by atoms with Crippen LogP contribution in [0.5, 0.6) is 0 Å². The van der Waals surface area contributed by atoms with Crippen LogP contribution in [-0.2, 0) is 9.59 Å². The van der Waals surface area contributed by atoms with Gasteiger partial charge in [0.15, 0.2) is 0 Å². The lowest BCUT2D eigenvalue weighted by molar-refractivity contribution is -0.134. The van der Waals surface area contributed by atoms with Crippen molar-refractivity contribution in [1.82, 2.24) is 4.90 Å². The minimum absolute atomic E-state index is 0.0706. The molecule has 0 N–H and O–H groups in total. The van der Waals surface area contributed by atoms with Gasteiger partial charge in [0.05, 0.1) is 5.92 Å². The minimum Gasteiger partial charge on any atom is -0.342 e. The van der Waals surface area contributed by atoms with Gasteiger partial charge in [0.25, 0.3) is 0 Å². The number of benzene rings is 1. The van der Waals surface area contributed by atoms with Crippen molar-refractivity contribution in [2.24, 2.45) is 5.92 Å². The number of aryl methyl sites for hydroxylation is 1. The molecule has 21 heavy (non-hydrogen) atoms. The number of amides is 2. The van der Waals surface area contributed by atoms with Crippen LogP contribution in [0.4, 0.5) is 5.69 Å². The molecule has 0 spiro atoms. The Kier molecular flexibility index (Phi) is 3.70. The molecule has 0 aromatic heterocycles. The summed E-state index contributed by atoms with van der Waals surface area (Å²) < 4.78 is 0. The predicted molar refractivity (Wildman–Crippen MR) is 82.2 cm³/mol. The van der Waals surface area contributed by atoms with E-state index >= 15 is 0 Å². The fourth-order valence-electron chi connectivity index (χ4n) is 3.33. The Balaban J connectivity index is 1.78. The van der Waals surface area contributed by atoms with E-state index < -0.39 is 0 Å². The number of hydrogen-bond acceptors (Lipinski definition) is 2. The first kappa shape index (κ1) is 14.1. The van der Waals surface area contributed by atoms with Crippen LogP contribution in [0.15, 0.2) is 18.2 Å². The maximum atomic E-state index is 12.5. The van der Waals surface area contributed by atoms with Gasteiger partial charge in [-0.05, 0) is 43.9 Å². The standard InChI is InChI=1S/C17H22N2O2/c1-12-6-5-7-15(13(12)2)19-11-14(10-16(19)20)17(21)18-8-3-4-9-18/h5-7,14H,3-4,8-11H2,1-2H3/t14-/m0/s1. The third kappa shape index (κ3) is 2.55. The van der Waals surface area contributed by atoms with E-state index in [4.69, 9.17) is 0 Å². The average Bonchev–Trinajstić information content (AvgIpc) is 3.11. The van der Waals surface area contributed by atoms with Crippen molar-refractivity contribution in [3.63, 3.8) is 0 Å². The zero-order valence-electron chi connectivity index (χ0n) is 12.8. The summed E-state index contributed by atoms with van der Waals surface area (Å²) in [4.78, 5) is 28.5. The Labute approximate surface area is 125 Å². The van der Waals surface area contributed by atoms with Crippen molar-refractivity contribution in [3.8, 4) is 0 Å². The number of nitrogens with zero attached hydrogens (tertiary/aromatic N) is 2. The third-order valence-electron chi connectivity index (χ3n) is 4.76. The molecule has 1 atom stereocenters. The molecule has 1 aromatic rings. The summed E-state index contributed by atoms with van der Waals surface area (Å²) in [5.74, 6) is 0.0606. The van der Waals surface area contributed by atoms with E-state index in [0.29, 0.717) is 13.0 Å². The third-order valence-corrected chi connectivity index (χ3v) is 4.76. The van der Waals surface area contributed by atoms with Crippen LogP contribution in [-0.4, -0.2) is 36.3 Å². The molecule has 1 aromatic carbocycles. The largest absolute Gasteiger partial charge is 0.342 e. The topological polar surface area (TPSA) is 40.6 Å². The highest BCUT2D eigenvalue weighted by Crippen LogP contribution is 2.30. The van der Waals surface area contributed by atoms with E-state index in [9.17, 15) is 9.59 Å². The molecule has 2 heterocycles. The maximum absolute atomic E-state index is 12.5. The second kappa shape index (κ2) is 5.51. The van der Waals surface area contributed by atoms with Crippen LogP contribution in [0.3, 0.4) is 0 Å². The predicted octanol–water partition coefficient (Wildman–Crippen LogP) is 2.28. The summed E-state index contributed by atoms with van der Waals surface area (Å²) in [5.41, 5.74) is 3.26. The first-order valence-electron chi connectivity index (χ1n) is 7.73. The Morgan fingerprint density at radius 3 is 2.62 bits per heavy atom. The monoisotopic (exact) mass is 286 g/mol. The number of likely N-dealkylation sites (tertiary alicyclic amines) is 1. The van der Waals surface area contributed by atoms with Crippen LogP contribution < -0.4 is 4.90 Å². The number of anilines is 1. The molecule has 2 aliphatic rings. The highest BCUT2D eigenvalue weighted by Gasteiger charge is 2.38. The van der Waals surface area contributed by atoms with Gasteiger partial charge in [-0.1, -0.05) is 12.1 Å². The lowest BCUT2D eigenvalue weighted by Crippen LogP contribution is -2.35. The van der Waals surface area contributed by atoms with Crippen LogP contribution in [0.1, 0.15) is 30.4 Å². The Hall–Kier alpha value is -1.84. The van der Waals surface area contributed by atoms with Crippen molar-refractivity contribution in [2.75, 3.05) is 24.5 Å². The van der Waals surface area contributed by atoms with Crippen molar-refractivity contribution in [3.05, 3.63) is 29.3 Å². The second-order valence-corrected chi connectivity index (χ2v) is 6.16. The quantitative estimate of drug-likeness (QED) is 0.837. The summed E-state index contributed by atoms with van der Waals surface area (Å²) in [6.07, 6.45) is 2.53. The summed E-state index contributed by atoms with van der Waals surface area (Å²) in [6, 6.07) is 6.00. The summed E-state index contributed by atoms with van der Waals surface area (Å²) >= 11 is 0. The van der Waals surface area contributed by atoms with Crippen LogP contribution >= 0.6 is 0 Å². The van der Waals surface area contributed by atoms with Crippen LogP contribution in [0.2, 0.25) is 0 Å². The van der Waals surface area contributed by atoms with Crippen molar-refractivity contribution < 1.29 is 9.59 Å². The molecule has 2 aliphatic heterocycles. The molecule has 0 bridgehead atoms. The molecule has 3 rings (SSSR count). The molecule has 2 amide bonds. The molecular weight excluding hydrogens is 264 g/mol. The maximum Gasteiger partial charge on any atom is 0.228 e. The van der Waals surface area contributed by atoms with Gasteiger partial charge < -0.3 is 9.80 Å². The van der Waals surface area contributed by atoms with Gasteiger partial charge >= 0.3 is 0 Å². The van der Waals surface area contributed by atoms with Gasteiger partial charge in [0, 0.05) is 31.7 Å². The number of hydrogen-bond donors (Lipinski definition) is 0. The van der Waals surface area contributed by atoms with Crippen molar-refractivity contribution in [1.29, 1.82) is 0 Å². The van der Waals surface area contributed by atoms with Gasteiger partial charge in [-0.25, -0.2) is 0 Å². The zero-order valence-corrected chi connectivity index (χ0v) is 12.8. The van der Waals surface area contributed by atoms with Crippen LogP contribution in [0, 0.1) is 19.8 Å². The van der Waals surface area contributed by atoms with E-state index in [2.05, 4.69) is 0 Å². The average molecular weight is 286 g/mol. The Bertz CT molecular complexity index is 576. The SMILES string of the molecule is Cc1cccc(N2C[C@@H](C(=O)N3CCCC3)CC2=O)c1C. The lowest BCUT2D eigenvalue weighted by atomic mass is 10.1.